The number of halogens is 1. The molecule has 0 radical (unpaired) electrons. The predicted octanol–water partition coefficient (Wildman–Crippen LogP) is 2.74. The molecule has 1 aliphatic heterocycles. The lowest BCUT2D eigenvalue weighted by molar-refractivity contribution is 0.347. The van der Waals surface area contributed by atoms with E-state index < -0.39 is 0 Å². The van der Waals surface area contributed by atoms with Gasteiger partial charge in [0.25, 0.3) is 0 Å². The van der Waals surface area contributed by atoms with Gasteiger partial charge in [0.05, 0.1) is 0 Å². The topological polar surface area (TPSA) is 15.3 Å². The first-order chi connectivity index (χ1) is 9.24. The number of thioether (sulfide) groups is 1. The molecule has 1 aliphatic rings. The molecule has 1 N–H and O–H groups in total. The third-order valence-corrected chi connectivity index (χ3v) is 4.82. The first kappa shape index (κ1) is 14.8. The number of nitrogens with one attached hydrogen (secondary N) is 1. The van der Waals surface area contributed by atoms with Crippen LogP contribution in [0.4, 0.5) is 4.39 Å². The smallest absolute Gasteiger partial charge is 0.123 e. The molecule has 0 bridgehead atoms. The molecule has 1 aromatic rings. The monoisotopic (exact) mass is 282 g/mol. The van der Waals surface area contributed by atoms with Crippen molar-refractivity contribution in [1.82, 2.24) is 10.2 Å². The van der Waals surface area contributed by atoms with Gasteiger partial charge < -0.3 is 10.2 Å². The summed E-state index contributed by atoms with van der Waals surface area (Å²) < 4.78 is 13.1. The van der Waals surface area contributed by atoms with Crippen molar-refractivity contribution in [3.8, 4) is 0 Å². The Morgan fingerprint density at radius 1 is 1.37 bits per heavy atom. The van der Waals surface area contributed by atoms with Crippen LogP contribution in [-0.4, -0.2) is 42.6 Å². The normalized spacial score (nSPS) is 17.0. The summed E-state index contributed by atoms with van der Waals surface area (Å²) in [6.45, 7) is 4.21. The molecule has 106 valence electrons. The SMILES string of the molecule is CN(CCSC1CCNCC1)Cc1cccc(F)c1. The fourth-order valence-corrected chi connectivity index (χ4v) is 3.68. The van der Waals surface area contributed by atoms with Crippen molar-refractivity contribution in [2.45, 2.75) is 24.6 Å². The molecule has 1 heterocycles. The Morgan fingerprint density at radius 3 is 2.89 bits per heavy atom. The van der Waals surface area contributed by atoms with E-state index in [9.17, 15) is 4.39 Å². The highest BCUT2D eigenvalue weighted by atomic mass is 32.2. The standard InChI is InChI=1S/C15H23FN2S/c1-18(12-13-3-2-4-14(16)11-13)9-10-19-15-5-7-17-8-6-15/h2-4,11,15,17H,5-10,12H2,1H3. The van der Waals surface area contributed by atoms with Gasteiger partial charge in [-0.25, -0.2) is 4.39 Å². The summed E-state index contributed by atoms with van der Waals surface area (Å²) in [4.78, 5) is 2.27. The van der Waals surface area contributed by atoms with Gasteiger partial charge in [-0.3, -0.25) is 0 Å². The average molecular weight is 282 g/mol. The van der Waals surface area contributed by atoms with Crippen molar-refractivity contribution < 1.29 is 4.39 Å². The number of piperidine rings is 1. The third-order valence-electron chi connectivity index (χ3n) is 3.45. The summed E-state index contributed by atoms with van der Waals surface area (Å²) in [6, 6.07) is 6.88. The van der Waals surface area contributed by atoms with Crippen molar-refractivity contribution in [3.63, 3.8) is 0 Å². The molecule has 1 aromatic carbocycles. The van der Waals surface area contributed by atoms with Gasteiger partial charge in [-0.05, 0) is 50.7 Å². The van der Waals surface area contributed by atoms with Crippen LogP contribution >= 0.6 is 11.8 Å². The summed E-state index contributed by atoms with van der Waals surface area (Å²) in [6.07, 6.45) is 2.58. The van der Waals surface area contributed by atoms with Crippen LogP contribution in [0.25, 0.3) is 0 Å². The van der Waals surface area contributed by atoms with E-state index in [2.05, 4.69) is 29.0 Å². The summed E-state index contributed by atoms with van der Waals surface area (Å²) in [5.74, 6) is 1.02. The Kier molecular flexibility index (Phi) is 6.14. The van der Waals surface area contributed by atoms with Gasteiger partial charge in [-0.2, -0.15) is 11.8 Å². The van der Waals surface area contributed by atoms with Crippen LogP contribution in [0.2, 0.25) is 0 Å². The molecule has 4 heteroatoms. The molecule has 19 heavy (non-hydrogen) atoms. The zero-order valence-electron chi connectivity index (χ0n) is 11.6. The number of nitrogens with zero attached hydrogens (tertiary/aromatic N) is 1. The van der Waals surface area contributed by atoms with Crippen molar-refractivity contribution in [3.05, 3.63) is 35.6 Å². The lowest BCUT2D eigenvalue weighted by atomic mass is 10.2. The quantitative estimate of drug-likeness (QED) is 0.864. The maximum Gasteiger partial charge on any atom is 0.123 e. The average Bonchev–Trinajstić information content (AvgIpc) is 2.40. The molecule has 0 spiro atoms. The summed E-state index contributed by atoms with van der Waals surface area (Å²) in [5, 5.41) is 4.22. The Hall–Kier alpha value is -0.580. The van der Waals surface area contributed by atoms with Crippen molar-refractivity contribution in [1.29, 1.82) is 0 Å². The Morgan fingerprint density at radius 2 is 2.16 bits per heavy atom. The lowest BCUT2D eigenvalue weighted by Crippen LogP contribution is -2.30. The van der Waals surface area contributed by atoms with Crippen LogP contribution < -0.4 is 5.32 Å². The molecule has 2 rings (SSSR count). The van der Waals surface area contributed by atoms with Crippen LogP contribution in [-0.2, 0) is 6.54 Å². The van der Waals surface area contributed by atoms with Crippen LogP contribution in [0.1, 0.15) is 18.4 Å². The van der Waals surface area contributed by atoms with E-state index in [0.717, 1.165) is 42.7 Å². The summed E-state index contributed by atoms with van der Waals surface area (Å²) >= 11 is 2.08. The zero-order valence-corrected chi connectivity index (χ0v) is 12.4. The molecule has 0 saturated carbocycles. The maximum atomic E-state index is 13.1. The molecule has 1 saturated heterocycles. The third kappa shape index (κ3) is 5.51. The second-order valence-electron chi connectivity index (χ2n) is 5.19. The zero-order chi connectivity index (χ0) is 13.5. The van der Waals surface area contributed by atoms with Crippen LogP contribution in [0.3, 0.4) is 0 Å². The van der Waals surface area contributed by atoms with Gasteiger partial charge >= 0.3 is 0 Å². The van der Waals surface area contributed by atoms with Crippen molar-refractivity contribution >= 4 is 11.8 Å². The molecule has 0 unspecified atom stereocenters. The number of benzene rings is 1. The number of rotatable bonds is 6. The molecule has 0 amide bonds. The molecule has 1 fully saturated rings. The van der Waals surface area contributed by atoms with Crippen LogP contribution in [0.15, 0.2) is 24.3 Å². The highest BCUT2D eigenvalue weighted by molar-refractivity contribution is 7.99. The molecule has 0 atom stereocenters. The van der Waals surface area contributed by atoms with Gasteiger partial charge in [0.2, 0.25) is 0 Å². The van der Waals surface area contributed by atoms with Crippen molar-refractivity contribution in [2.24, 2.45) is 0 Å². The van der Waals surface area contributed by atoms with E-state index in [4.69, 9.17) is 0 Å². The largest absolute Gasteiger partial charge is 0.317 e. The van der Waals surface area contributed by atoms with Gasteiger partial charge in [0.1, 0.15) is 5.82 Å². The molecular formula is C15H23FN2S. The minimum absolute atomic E-state index is 0.144. The van der Waals surface area contributed by atoms with Crippen LogP contribution in [0.5, 0.6) is 0 Å². The first-order valence-corrected chi connectivity index (χ1v) is 8.04. The van der Waals surface area contributed by atoms with Gasteiger partial charge in [-0.15, -0.1) is 0 Å². The minimum atomic E-state index is -0.144. The van der Waals surface area contributed by atoms with Gasteiger partial charge in [-0.1, -0.05) is 12.1 Å². The Bertz CT molecular complexity index is 380. The molecule has 0 aromatic heterocycles. The van der Waals surface area contributed by atoms with Crippen LogP contribution in [0, 0.1) is 5.82 Å². The Balaban J connectivity index is 1.65. The fraction of sp³-hybridized carbons (Fsp3) is 0.600. The van der Waals surface area contributed by atoms with Gasteiger partial charge in [0.15, 0.2) is 0 Å². The van der Waals surface area contributed by atoms with Crippen molar-refractivity contribution in [2.75, 3.05) is 32.4 Å². The van der Waals surface area contributed by atoms with E-state index in [1.807, 2.05) is 6.07 Å². The second-order valence-corrected chi connectivity index (χ2v) is 6.60. The highest BCUT2D eigenvalue weighted by Crippen LogP contribution is 2.20. The number of hydrogen-bond acceptors (Lipinski definition) is 3. The maximum absolute atomic E-state index is 13.1. The van der Waals surface area contributed by atoms with E-state index in [0.29, 0.717) is 0 Å². The van der Waals surface area contributed by atoms with E-state index in [-0.39, 0.29) is 5.82 Å². The number of hydrogen-bond donors (Lipinski definition) is 1. The Labute approximate surface area is 119 Å². The van der Waals surface area contributed by atoms with E-state index in [1.165, 1.54) is 18.9 Å². The molecule has 0 aliphatic carbocycles. The highest BCUT2D eigenvalue weighted by Gasteiger charge is 2.13. The summed E-state index contributed by atoms with van der Waals surface area (Å²) in [7, 11) is 2.11. The van der Waals surface area contributed by atoms with E-state index >= 15 is 0 Å². The first-order valence-electron chi connectivity index (χ1n) is 6.99. The molecular weight excluding hydrogens is 259 g/mol. The fourth-order valence-electron chi connectivity index (χ4n) is 2.36. The summed E-state index contributed by atoms with van der Waals surface area (Å²) in [5.41, 5.74) is 1.05. The predicted molar refractivity (Wildman–Crippen MR) is 81.1 cm³/mol. The van der Waals surface area contributed by atoms with Gasteiger partial charge in [0, 0.05) is 24.1 Å². The second kappa shape index (κ2) is 7.88. The minimum Gasteiger partial charge on any atom is -0.317 e. The van der Waals surface area contributed by atoms with E-state index in [1.54, 1.807) is 12.1 Å². The molecule has 2 nitrogen and oxygen atoms in total. The lowest BCUT2D eigenvalue weighted by Gasteiger charge is -2.23.